The molecule has 4 rings (SSSR count). The van der Waals surface area contributed by atoms with Crippen molar-refractivity contribution in [2.24, 2.45) is 5.73 Å². The topological polar surface area (TPSA) is 91.1 Å². The fourth-order valence-corrected chi connectivity index (χ4v) is 3.84. The van der Waals surface area contributed by atoms with Gasteiger partial charge in [0.2, 0.25) is 5.72 Å². The first-order valence-corrected chi connectivity index (χ1v) is 9.93. The molecule has 0 spiro atoms. The zero-order valence-corrected chi connectivity index (χ0v) is 17.0. The molecule has 0 aromatic heterocycles. The van der Waals surface area contributed by atoms with Gasteiger partial charge in [0.15, 0.2) is 12.3 Å². The highest BCUT2D eigenvalue weighted by molar-refractivity contribution is 6.20. The fourth-order valence-electron chi connectivity index (χ4n) is 3.64. The van der Waals surface area contributed by atoms with Crippen molar-refractivity contribution in [1.82, 2.24) is 4.90 Å². The smallest absolute Gasteiger partial charge is 0.356 e. The van der Waals surface area contributed by atoms with E-state index in [0.717, 1.165) is 11.1 Å². The fraction of sp³-hybridized carbons (Fsp3) is 0.273. The molecule has 1 amide bonds. The lowest BCUT2D eigenvalue weighted by atomic mass is 9.95. The quantitative estimate of drug-likeness (QED) is 0.328. The van der Waals surface area contributed by atoms with E-state index in [2.05, 4.69) is 0 Å². The lowest BCUT2D eigenvalue weighted by molar-refractivity contribution is -0.248. The number of hydrogen-bond donors (Lipinski definition) is 1. The van der Waals surface area contributed by atoms with Crippen LogP contribution >= 0.6 is 11.6 Å². The third-order valence-corrected chi connectivity index (χ3v) is 5.59. The minimum atomic E-state index is -1.64. The summed E-state index contributed by atoms with van der Waals surface area (Å²) in [6.45, 7) is 0.0476. The van der Waals surface area contributed by atoms with Crippen LogP contribution in [0.2, 0.25) is 0 Å². The highest BCUT2D eigenvalue weighted by Crippen LogP contribution is 2.40. The average Bonchev–Trinajstić information content (AvgIpc) is 2.81. The molecule has 0 radical (unpaired) electrons. The molecule has 2 atom stereocenters. The first-order chi connectivity index (χ1) is 14.5. The van der Waals surface area contributed by atoms with Crippen molar-refractivity contribution in [1.29, 1.82) is 0 Å². The Kier molecular flexibility index (Phi) is 5.62. The second-order valence-corrected chi connectivity index (χ2v) is 7.30. The molecular weight excluding hydrogens is 408 g/mol. The number of rotatable bonds is 6. The van der Waals surface area contributed by atoms with Crippen molar-refractivity contribution in [3.05, 3.63) is 83.1 Å². The second-order valence-electron chi connectivity index (χ2n) is 7.03. The molecule has 156 valence electrons. The van der Waals surface area contributed by atoms with Crippen molar-refractivity contribution in [2.45, 2.75) is 18.1 Å². The zero-order chi connectivity index (χ0) is 21.3. The molecule has 8 heteroatoms. The van der Waals surface area contributed by atoms with Gasteiger partial charge in [-0.2, -0.15) is 0 Å². The molecule has 30 heavy (non-hydrogen) atoms. The molecule has 2 N–H and O–H groups in total. The number of amides is 1. The molecule has 0 aliphatic carbocycles. The summed E-state index contributed by atoms with van der Waals surface area (Å²) in [6.07, 6.45) is -1.58. The minimum absolute atomic E-state index is 0.00677. The van der Waals surface area contributed by atoms with Crippen LogP contribution in [0, 0.1) is 0 Å². The molecule has 2 aliphatic heterocycles. The van der Waals surface area contributed by atoms with Crippen molar-refractivity contribution in [2.75, 3.05) is 19.6 Å². The maximum absolute atomic E-state index is 13.3. The average molecular weight is 429 g/mol. The molecule has 0 saturated carbocycles. The van der Waals surface area contributed by atoms with Gasteiger partial charge in [0, 0.05) is 18.6 Å². The predicted octanol–water partition coefficient (Wildman–Crippen LogP) is 2.31. The van der Waals surface area contributed by atoms with Gasteiger partial charge in [0.05, 0.1) is 6.61 Å². The van der Waals surface area contributed by atoms with Crippen LogP contribution in [-0.4, -0.2) is 48.3 Å². The van der Waals surface area contributed by atoms with E-state index in [1.54, 1.807) is 0 Å². The van der Waals surface area contributed by atoms with E-state index in [0.29, 0.717) is 5.57 Å². The van der Waals surface area contributed by atoms with Crippen LogP contribution in [0.15, 0.2) is 71.9 Å². The molecule has 7 nitrogen and oxygen atoms in total. The molecule has 1 unspecified atom stereocenters. The van der Waals surface area contributed by atoms with Crippen LogP contribution in [-0.2, 0) is 23.8 Å². The van der Waals surface area contributed by atoms with E-state index in [-0.39, 0.29) is 18.2 Å². The summed E-state index contributed by atoms with van der Waals surface area (Å²) in [5, 5.41) is 0. The lowest BCUT2D eigenvalue weighted by Crippen LogP contribution is -2.80. The minimum Gasteiger partial charge on any atom is -0.448 e. The maximum atomic E-state index is 13.3. The Morgan fingerprint density at radius 1 is 1.20 bits per heavy atom. The van der Waals surface area contributed by atoms with Gasteiger partial charge in [0.25, 0.3) is 5.91 Å². The number of fused-ring (bicyclic) bond motifs is 1. The summed E-state index contributed by atoms with van der Waals surface area (Å²) >= 11 is 6.03. The van der Waals surface area contributed by atoms with E-state index >= 15 is 0 Å². The zero-order valence-electron chi connectivity index (χ0n) is 16.3. The SMILES string of the molecule is CO[C@@]1(N)C(=O)N2C(C(=O)OC(c3ccccc3)c3ccccc3)=C(CCl)COC21. The van der Waals surface area contributed by atoms with Gasteiger partial charge in [-0.15, -0.1) is 11.6 Å². The summed E-state index contributed by atoms with van der Waals surface area (Å²) in [5.74, 6) is -1.25. The van der Waals surface area contributed by atoms with E-state index in [4.69, 9.17) is 31.5 Å². The number of carbonyl (C=O) groups is 2. The van der Waals surface area contributed by atoms with Crippen molar-refractivity contribution in [3.8, 4) is 0 Å². The van der Waals surface area contributed by atoms with Crippen LogP contribution in [0.5, 0.6) is 0 Å². The van der Waals surface area contributed by atoms with Crippen molar-refractivity contribution < 1.29 is 23.8 Å². The maximum Gasteiger partial charge on any atom is 0.356 e. The Balaban J connectivity index is 1.68. The number of ether oxygens (including phenoxy) is 3. The highest BCUT2D eigenvalue weighted by atomic mass is 35.5. The Bertz CT molecular complexity index is 942. The third kappa shape index (κ3) is 3.30. The van der Waals surface area contributed by atoms with E-state index < -0.39 is 29.9 Å². The van der Waals surface area contributed by atoms with Gasteiger partial charge in [0.1, 0.15) is 5.70 Å². The number of carbonyl (C=O) groups excluding carboxylic acids is 2. The normalized spacial score (nSPS) is 23.3. The van der Waals surface area contributed by atoms with Crippen LogP contribution in [0.25, 0.3) is 0 Å². The Morgan fingerprint density at radius 3 is 2.27 bits per heavy atom. The number of β-lactam (4-membered cyclic amide) rings is 1. The van der Waals surface area contributed by atoms with E-state index in [1.807, 2.05) is 60.7 Å². The van der Waals surface area contributed by atoms with Gasteiger partial charge in [-0.1, -0.05) is 60.7 Å². The number of alkyl halides is 1. The predicted molar refractivity (Wildman–Crippen MR) is 109 cm³/mol. The van der Waals surface area contributed by atoms with Crippen LogP contribution in [0.3, 0.4) is 0 Å². The summed E-state index contributed by atoms with van der Waals surface area (Å²) in [7, 11) is 1.32. The van der Waals surface area contributed by atoms with Gasteiger partial charge in [-0.05, 0) is 11.1 Å². The monoisotopic (exact) mass is 428 g/mol. The number of nitrogens with zero attached hydrogens (tertiary/aromatic N) is 1. The summed E-state index contributed by atoms with van der Waals surface area (Å²) in [6, 6.07) is 18.7. The van der Waals surface area contributed by atoms with E-state index in [1.165, 1.54) is 12.0 Å². The molecule has 2 aromatic carbocycles. The van der Waals surface area contributed by atoms with Crippen molar-refractivity contribution in [3.63, 3.8) is 0 Å². The highest BCUT2D eigenvalue weighted by Gasteiger charge is 2.64. The summed E-state index contributed by atoms with van der Waals surface area (Å²) in [4.78, 5) is 27.1. The Labute approximate surface area is 179 Å². The summed E-state index contributed by atoms with van der Waals surface area (Å²) < 4.78 is 16.7. The number of halogens is 1. The van der Waals surface area contributed by atoms with Crippen LogP contribution in [0.1, 0.15) is 17.2 Å². The summed E-state index contributed by atoms with van der Waals surface area (Å²) in [5.41, 5.74) is 6.45. The molecule has 2 aliphatic rings. The first-order valence-electron chi connectivity index (χ1n) is 9.39. The molecule has 1 saturated heterocycles. The second kappa shape index (κ2) is 8.20. The number of methoxy groups -OCH3 is 1. The van der Waals surface area contributed by atoms with Gasteiger partial charge >= 0.3 is 5.97 Å². The number of esters is 1. The molecule has 0 bridgehead atoms. The van der Waals surface area contributed by atoms with Crippen LogP contribution < -0.4 is 5.73 Å². The lowest BCUT2D eigenvalue weighted by Gasteiger charge is -2.54. The number of nitrogens with two attached hydrogens (primary N) is 1. The third-order valence-electron chi connectivity index (χ3n) is 5.27. The van der Waals surface area contributed by atoms with Gasteiger partial charge in [-0.3, -0.25) is 15.4 Å². The molecule has 2 aromatic rings. The number of benzene rings is 2. The largest absolute Gasteiger partial charge is 0.448 e. The first kappa shape index (κ1) is 20.6. The van der Waals surface area contributed by atoms with Gasteiger partial charge < -0.3 is 14.2 Å². The Hall–Kier alpha value is -2.71. The Morgan fingerprint density at radius 2 is 1.77 bits per heavy atom. The molecule has 2 heterocycles. The molecule has 1 fully saturated rings. The standard InChI is InChI=1S/C22H21ClN2O5/c1-28-22(24)20(27)25-17(16(12-23)13-29-21(22)25)19(26)30-18(14-8-4-2-5-9-14)15-10-6-3-7-11-15/h2-11,18,21H,12-13,24H2,1H3/t21?,22-/m0/s1. The van der Waals surface area contributed by atoms with E-state index in [9.17, 15) is 9.59 Å². The van der Waals surface area contributed by atoms with Crippen molar-refractivity contribution >= 4 is 23.5 Å². The number of hydrogen-bond acceptors (Lipinski definition) is 6. The van der Waals surface area contributed by atoms with Gasteiger partial charge in [-0.25, -0.2) is 4.79 Å². The van der Waals surface area contributed by atoms with Crippen LogP contribution in [0.4, 0.5) is 0 Å². The molecular formula is C22H21ClN2O5.